The van der Waals surface area contributed by atoms with Crippen LogP contribution in [0.15, 0.2) is 103 Å². The van der Waals surface area contributed by atoms with Crippen LogP contribution in [0.3, 0.4) is 0 Å². The van der Waals surface area contributed by atoms with Crippen molar-refractivity contribution < 1.29 is 1.43 Å². The third kappa shape index (κ3) is 2.81. The molecule has 0 bridgehead atoms. The molecule has 7 rings (SSSR count). The summed E-state index contributed by atoms with van der Waals surface area (Å²) in [5.74, 6) is 0. The van der Waals surface area contributed by atoms with Gasteiger partial charge in [-0.25, -0.2) is 0 Å². The van der Waals surface area contributed by atoms with Gasteiger partial charge < -0.3 is 9.55 Å². The van der Waals surface area contributed by atoms with Gasteiger partial charge in [0.05, 0.1) is 11.2 Å². The summed E-state index contributed by atoms with van der Waals surface area (Å²) in [6, 6.07) is 32.8. The summed E-state index contributed by atoms with van der Waals surface area (Å²) in [5, 5.41) is 3.83. The number of aromatic nitrogens is 2. The Labute approximate surface area is 193 Å². The third-order valence-electron chi connectivity index (χ3n) is 6.73. The van der Waals surface area contributed by atoms with E-state index in [1.807, 2.05) is 0 Å². The molecule has 0 saturated carbocycles. The van der Waals surface area contributed by atoms with Crippen molar-refractivity contribution in [2.24, 2.45) is 0 Å². The van der Waals surface area contributed by atoms with E-state index in [1.165, 1.54) is 60.8 Å². The second kappa shape index (κ2) is 7.11. The highest BCUT2D eigenvalue weighted by Gasteiger charge is 2.17. The van der Waals surface area contributed by atoms with Crippen LogP contribution in [0.5, 0.6) is 0 Å². The zero-order chi connectivity index (χ0) is 21.8. The van der Waals surface area contributed by atoms with E-state index in [1.54, 1.807) is 0 Å². The summed E-state index contributed by atoms with van der Waals surface area (Å²) in [4.78, 5) is 3.54. The molecule has 6 aromatic rings. The van der Waals surface area contributed by atoms with E-state index in [-0.39, 0.29) is 1.43 Å². The first-order valence-electron chi connectivity index (χ1n) is 11.4. The lowest BCUT2D eigenvalue weighted by Crippen LogP contribution is -1.96. The van der Waals surface area contributed by atoms with Gasteiger partial charge in [0.25, 0.3) is 0 Å². The van der Waals surface area contributed by atoms with E-state index in [0.29, 0.717) is 0 Å². The van der Waals surface area contributed by atoms with Gasteiger partial charge in [-0.05, 0) is 66.1 Å². The highest BCUT2D eigenvalue weighted by atomic mass is 15.0. The van der Waals surface area contributed by atoms with Crippen molar-refractivity contribution in [1.82, 2.24) is 9.55 Å². The Balaban J connectivity index is 0.00000217. The standard InChI is InChI=1S/C31H22N2.H2/c1-3-9-23(10-4-1)33-30-14-6-2-5-12-25(30)27-20-22(16-18-31(27)33)21-15-17-29-26(19-21)24-11-7-8-13-28(24)32-29;/h1,3-20,32H,2H2;1H. The first-order valence-corrected chi connectivity index (χ1v) is 11.4. The van der Waals surface area contributed by atoms with Crippen LogP contribution in [0.1, 0.15) is 19.1 Å². The Morgan fingerprint density at radius 1 is 0.636 bits per heavy atom. The zero-order valence-corrected chi connectivity index (χ0v) is 18.1. The molecule has 2 heteroatoms. The van der Waals surface area contributed by atoms with E-state index in [4.69, 9.17) is 0 Å². The first kappa shape index (κ1) is 18.3. The van der Waals surface area contributed by atoms with E-state index < -0.39 is 0 Å². The molecule has 0 aliphatic heterocycles. The molecular formula is C31H24N2. The number of hydrogen-bond acceptors (Lipinski definition) is 0. The van der Waals surface area contributed by atoms with Crippen LogP contribution in [0.25, 0.3) is 61.7 Å². The molecule has 33 heavy (non-hydrogen) atoms. The molecule has 0 amide bonds. The molecule has 2 aromatic heterocycles. The Hall–Kier alpha value is -4.30. The maximum absolute atomic E-state index is 3.54. The normalized spacial score (nSPS) is 13.1. The number of para-hydroxylation sites is 2. The van der Waals surface area contributed by atoms with Gasteiger partial charge in [0.1, 0.15) is 0 Å². The van der Waals surface area contributed by atoms with Crippen LogP contribution in [0, 0.1) is 0 Å². The fourth-order valence-corrected chi connectivity index (χ4v) is 5.18. The average Bonchev–Trinajstić information content (AvgIpc) is 3.28. The largest absolute Gasteiger partial charge is 0.355 e. The number of allylic oxidation sites excluding steroid dienone is 2. The van der Waals surface area contributed by atoms with Crippen molar-refractivity contribution in [2.75, 3.05) is 0 Å². The Morgan fingerprint density at radius 2 is 1.36 bits per heavy atom. The molecule has 158 valence electrons. The van der Waals surface area contributed by atoms with Crippen LogP contribution >= 0.6 is 0 Å². The van der Waals surface area contributed by atoms with E-state index in [2.05, 4.69) is 125 Å². The monoisotopic (exact) mass is 424 g/mol. The maximum Gasteiger partial charge on any atom is 0.0541 e. The lowest BCUT2D eigenvalue weighted by Gasteiger charge is -2.09. The summed E-state index contributed by atoms with van der Waals surface area (Å²) in [7, 11) is 0. The number of nitrogens with zero attached hydrogens (tertiary/aromatic N) is 1. The van der Waals surface area contributed by atoms with Crippen LogP contribution in [0.2, 0.25) is 0 Å². The van der Waals surface area contributed by atoms with Crippen LogP contribution in [-0.4, -0.2) is 9.55 Å². The van der Waals surface area contributed by atoms with Gasteiger partial charge >= 0.3 is 0 Å². The highest BCUT2D eigenvalue weighted by Crippen LogP contribution is 2.37. The molecule has 1 aliphatic carbocycles. The van der Waals surface area contributed by atoms with Crippen LogP contribution < -0.4 is 0 Å². The minimum atomic E-state index is 0. The summed E-state index contributed by atoms with van der Waals surface area (Å²) >= 11 is 0. The lowest BCUT2D eigenvalue weighted by atomic mass is 10.00. The molecule has 4 aromatic carbocycles. The van der Waals surface area contributed by atoms with Gasteiger partial charge in [0, 0.05) is 39.9 Å². The number of rotatable bonds is 2. The fraction of sp³-hybridized carbons (Fsp3) is 0.0323. The predicted molar refractivity (Wildman–Crippen MR) is 143 cm³/mol. The van der Waals surface area contributed by atoms with Gasteiger partial charge in [-0.3, -0.25) is 0 Å². The number of nitrogens with one attached hydrogen (secondary N) is 1. The molecule has 2 nitrogen and oxygen atoms in total. The van der Waals surface area contributed by atoms with Crippen molar-refractivity contribution >= 4 is 44.9 Å². The summed E-state index contributed by atoms with van der Waals surface area (Å²) in [6.07, 6.45) is 10.00. The Kier molecular flexibility index (Phi) is 3.94. The Morgan fingerprint density at radius 3 is 2.27 bits per heavy atom. The topological polar surface area (TPSA) is 20.7 Å². The zero-order valence-electron chi connectivity index (χ0n) is 18.1. The number of aromatic amines is 1. The minimum absolute atomic E-state index is 0. The third-order valence-corrected chi connectivity index (χ3v) is 6.73. The fourth-order valence-electron chi connectivity index (χ4n) is 5.18. The highest BCUT2D eigenvalue weighted by molar-refractivity contribution is 6.08. The van der Waals surface area contributed by atoms with Gasteiger partial charge in [-0.2, -0.15) is 0 Å². The van der Waals surface area contributed by atoms with Gasteiger partial charge in [0.15, 0.2) is 0 Å². The van der Waals surface area contributed by atoms with E-state index >= 15 is 0 Å². The molecule has 2 heterocycles. The predicted octanol–water partition coefficient (Wildman–Crippen LogP) is 8.61. The second-order valence-corrected chi connectivity index (χ2v) is 8.67. The number of fused-ring (bicyclic) bond motifs is 6. The smallest absolute Gasteiger partial charge is 0.0541 e. The molecule has 0 radical (unpaired) electrons. The summed E-state index contributed by atoms with van der Waals surface area (Å²) in [5.41, 5.74) is 9.80. The van der Waals surface area contributed by atoms with Crippen molar-refractivity contribution in [3.05, 3.63) is 114 Å². The molecule has 0 fully saturated rings. The first-order chi connectivity index (χ1) is 16.4. The molecular weight excluding hydrogens is 400 g/mol. The molecule has 0 spiro atoms. The van der Waals surface area contributed by atoms with E-state index in [0.717, 1.165) is 6.42 Å². The van der Waals surface area contributed by atoms with Gasteiger partial charge in [-0.15, -0.1) is 0 Å². The molecule has 1 N–H and O–H groups in total. The van der Waals surface area contributed by atoms with Crippen molar-refractivity contribution in [3.8, 4) is 16.8 Å². The van der Waals surface area contributed by atoms with Gasteiger partial charge in [-0.1, -0.05) is 66.8 Å². The van der Waals surface area contributed by atoms with Crippen LogP contribution in [-0.2, 0) is 0 Å². The maximum atomic E-state index is 3.54. The Bertz CT molecular complexity index is 1730. The van der Waals surface area contributed by atoms with Crippen LogP contribution in [0.4, 0.5) is 0 Å². The van der Waals surface area contributed by atoms with Gasteiger partial charge in [0.2, 0.25) is 0 Å². The molecule has 0 atom stereocenters. The van der Waals surface area contributed by atoms with Crippen molar-refractivity contribution in [3.63, 3.8) is 0 Å². The number of hydrogen-bond donors (Lipinski definition) is 1. The van der Waals surface area contributed by atoms with Crippen molar-refractivity contribution in [1.29, 1.82) is 0 Å². The summed E-state index contributed by atoms with van der Waals surface area (Å²) in [6.45, 7) is 0. The molecule has 0 unspecified atom stereocenters. The molecule has 1 aliphatic rings. The number of H-pyrrole nitrogens is 1. The average molecular weight is 425 g/mol. The van der Waals surface area contributed by atoms with Crippen molar-refractivity contribution in [2.45, 2.75) is 6.42 Å². The summed E-state index contributed by atoms with van der Waals surface area (Å²) < 4.78 is 2.38. The van der Waals surface area contributed by atoms with E-state index in [9.17, 15) is 0 Å². The lowest BCUT2D eigenvalue weighted by molar-refractivity contribution is 1.10. The quantitative estimate of drug-likeness (QED) is 0.287. The molecule has 0 saturated heterocycles. The number of benzene rings is 4. The minimum Gasteiger partial charge on any atom is -0.355 e. The SMILES string of the molecule is C1=Cc2c(n(-c3ccccc3)c3ccc(-c4ccc5[nH]c6ccccc6c5c4)cc23)C=CC1.[HH]. The second-order valence-electron chi connectivity index (χ2n) is 8.67.